The molecule has 1 aromatic carbocycles. The minimum atomic E-state index is -3.95. The summed E-state index contributed by atoms with van der Waals surface area (Å²) in [7, 11) is 2.96. The van der Waals surface area contributed by atoms with Crippen LogP contribution in [0, 0.1) is 0 Å². The molecule has 0 amide bonds. The van der Waals surface area contributed by atoms with Gasteiger partial charge in [-0.15, -0.1) is 10.2 Å². The zero-order valence-corrected chi connectivity index (χ0v) is 13.8. The Labute approximate surface area is 129 Å². The van der Waals surface area contributed by atoms with Crippen LogP contribution >= 0.6 is 26.6 Å². The van der Waals surface area contributed by atoms with Gasteiger partial charge in [-0.2, -0.15) is 0 Å². The molecule has 2 aromatic rings. The molecule has 1 heterocycles. The lowest BCUT2D eigenvalue weighted by atomic mass is 10.2. The largest absolute Gasteiger partial charge is 0.497 e. The predicted octanol–water partition coefficient (Wildman–Crippen LogP) is 2.66. The fourth-order valence-electron chi connectivity index (χ4n) is 1.76. The maximum absolute atomic E-state index is 11.5. The molecule has 0 spiro atoms. The number of hydrogen-bond donors (Lipinski definition) is 0. The second-order valence-electron chi connectivity index (χ2n) is 3.83. The van der Waals surface area contributed by atoms with Crippen molar-refractivity contribution in [1.82, 2.24) is 14.8 Å². The van der Waals surface area contributed by atoms with Gasteiger partial charge in [-0.3, -0.25) is 4.57 Å². The Balaban J connectivity index is 2.68. The fraction of sp³-hybridized carbons (Fsp3) is 0.273. The molecule has 9 heteroatoms. The minimum absolute atomic E-state index is 0.272. The van der Waals surface area contributed by atoms with E-state index in [1.54, 1.807) is 32.2 Å². The molecule has 0 aliphatic rings. The quantitative estimate of drug-likeness (QED) is 0.762. The summed E-state index contributed by atoms with van der Waals surface area (Å²) in [6.45, 7) is 2.15. The van der Waals surface area contributed by atoms with Gasteiger partial charge in [0.1, 0.15) is 5.75 Å². The van der Waals surface area contributed by atoms with Crippen LogP contribution in [0.5, 0.6) is 5.75 Å². The number of methoxy groups -OCH3 is 1. The van der Waals surface area contributed by atoms with Crippen molar-refractivity contribution in [3.05, 3.63) is 22.7 Å². The van der Waals surface area contributed by atoms with E-state index in [-0.39, 0.29) is 5.16 Å². The molecule has 0 radical (unpaired) electrons. The molecule has 0 unspecified atom stereocenters. The molecule has 0 aliphatic carbocycles. The van der Waals surface area contributed by atoms with Gasteiger partial charge in [-0.05, 0) is 25.1 Å². The van der Waals surface area contributed by atoms with Crippen LogP contribution in [-0.2, 0) is 15.6 Å². The summed E-state index contributed by atoms with van der Waals surface area (Å²) in [6, 6.07) is 5.31. The Morgan fingerprint density at radius 1 is 1.40 bits per heavy atom. The molecule has 0 saturated heterocycles. The Morgan fingerprint density at radius 2 is 2.10 bits per heavy atom. The molecule has 0 bridgehead atoms. The van der Waals surface area contributed by atoms with Crippen molar-refractivity contribution < 1.29 is 13.2 Å². The van der Waals surface area contributed by atoms with Crippen LogP contribution in [0.2, 0.25) is 0 Å². The Kier molecular flexibility index (Phi) is 4.36. The monoisotopic (exact) mass is 379 g/mol. The summed E-state index contributed by atoms with van der Waals surface area (Å²) in [4.78, 5) is 0. The first-order valence-corrected chi connectivity index (χ1v) is 8.70. The van der Waals surface area contributed by atoms with Crippen molar-refractivity contribution in [2.24, 2.45) is 0 Å². The van der Waals surface area contributed by atoms with Gasteiger partial charge in [-0.1, -0.05) is 15.9 Å². The van der Waals surface area contributed by atoms with Crippen molar-refractivity contribution in [2.75, 3.05) is 7.11 Å². The smallest absolute Gasteiger partial charge is 0.296 e. The van der Waals surface area contributed by atoms with Gasteiger partial charge in [0.05, 0.1) is 7.11 Å². The van der Waals surface area contributed by atoms with E-state index in [0.29, 0.717) is 23.7 Å². The van der Waals surface area contributed by atoms with E-state index >= 15 is 0 Å². The van der Waals surface area contributed by atoms with Crippen molar-refractivity contribution in [3.8, 4) is 17.1 Å². The number of hydrogen-bond acceptors (Lipinski definition) is 5. The Morgan fingerprint density at radius 3 is 2.65 bits per heavy atom. The Hall–Kier alpha value is -1.12. The lowest BCUT2D eigenvalue weighted by Crippen LogP contribution is -2.06. The topological polar surface area (TPSA) is 74.1 Å². The summed E-state index contributed by atoms with van der Waals surface area (Å²) < 4.78 is 30.3. The number of benzene rings is 1. The van der Waals surface area contributed by atoms with E-state index in [2.05, 4.69) is 26.1 Å². The normalized spacial score (nSPS) is 11.6. The van der Waals surface area contributed by atoms with E-state index in [0.717, 1.165) is 4.47 Å². The molecule has 20 heavy (non-hydrogen) atoms. The van der Waals surface area contributed by atoms with E-state index in [9.17, 15) is 8.42 Å². The van der Waals surface area contributed by atoms with Gasteiger partial charge < -0.3 is 4.74 Å². The van der Waals surface area contributed by atoms with Crippen LogP contribution in [0.1, 0.15) is 6.92 Å². The van der Waals surface area contributed by atoms with Gasteiger partial charge in [0.2, 0.25) is 0 Å². The number of aromatic nitrogens is 3. The van der Waals surface area contributed by atoms with E-state index in [1.807, 2.05) is 0 Å². The highest BCUT2D eigenvalue weighted by Crippen LogP contribution is 2.32. The zero-order valence-electron chi connectivity index (χ0n) is 10.7. The van der Waals surface area contributed by atoms with Gasteiger partial charge in [0.15, 0.2) is 5.82 Å². The fourth-order valence-corrected chi connectivity index (χ4v) is 3.14. The second-order valence-corrected chi connectivity index (χ2v) is 7.15. The highest BCUT2D eigenvalue weighted by atomic mass is 79.9. The summed E-state index contributed by atoms with van der Waals surface area (Å²) in [5, 5.41) is 7.31. The maximum atomic E-state index is 11.5. The van der Waals surface area contributed by atoms with Crippen LogP contribution in [0.4, 0.5) is 0 Å². The molecular weight excluding hydrogens is 370 g/mol. The standard InChI is InChI=1S/C11H11BrClN3O3S/c1-3-16-10(14-15-11(16)20(13,17)18)8-6-7(19-2)4-5-9(8)12/h4-6H,3H2,1-2H3. The van der Waals surface area contributed by atoms with Gasteiger partial charge in [0.25, 0.3) is 14.2 Å². The first kappa shape index (κ1) is 15.3. The summed E-state index contributed by atoms with van der Waals surface area (Å²) in [5.74, 6) is 1.03. The summed E-state index contributed by atoms with van der Waals surface area (Å²) in [6.07, 6.45) is 0. The molecule has 0 saturated carbocycles. The number of nitrogens with zero attached hydrogens (tertiary/aromatic N) is 3. The Bertz CT molecular complexity index is 745. The van der Waals surface area contributed by atoms with E-state index in [4.69, 9.17) is 15.4 Å². The molecule has 0 fully saturated rings. The minimum Gasteiger partial charge on any atom is -0.497 e. The third-order valence-corrected chi connectivity index (χ3v) is 4.51. The summed E-state index contributed by atoms with van der Waals surface area (Å²) in [5.41, 5.74) is 0.672. The van der Waals surface area contributed by atoms with Crippen molar-refractivity contribution in [3.63, 3.8) is 0 Å². The lowest BCUT2D eigenvalue weighted by Gasteiger charge is -2.09. The highest BCUT2D eigenvalue weighted by molar-refractivity contribution is 9.10. The first-order chi connectivity index (χ1) is 9.38. The SMILES string of the molecule is CCn1c(-c2cc(OC)ccc2Br)nnc1S(=O)(=O)Cl. The molecule has 108 valence electrons. The van der Waals surface area contributed by atoms with Gasteiger partial charge in [-0.25, -0.2) is 8.42 Å². The predicted molar refractivity (Wildman–Crippen MR) is 78.4 cm³/mol. The molecular formula is C11H11BrClN3O3S. The van der Waals surface area contributed by atoms with Crippen molar-refractivity contribution in [1.29, 1.82) is 0 Å². The van der Waals surface area contributed by atoms with Gasteiger partial charge in [0, 0.05) is 27.3 Å². The van der Waals surface area contributed by atoms with Crippen LogP contribution in [0.3, 0.4) is 0 Å². The molecule has 0 atom stereocenters. The van der Waals surface area contributed by atoms with Crippen molar-refractivity contribution >= 4 is 35.7 Å². The summed E-state index contributed by atoms with van der Waals surface area (Å²) >= 11 is 3.40. The number of ether oxygens (including phenoxy) is 1. The number of rotatable bonds is 4. The first-order valence-electron chi connectivity index (χ1n) is 5.60. The third-order valence-electron chi connectivity index (χ3n) is 2.67. The average molecular weight is 381 g/mol. The molecule has 0 N–H and O–H groups in total. The molecule has 0 aliphatic heterocycles. The van der Waals surface area contributed by atoms with Gasteiger partial charge >= 0.3 is 0 Å². The molecule has 1 aromatic heterocycles. The van der Waals surface area contributed by atoms with E-state index < -0.39 is 9.05 Å². The van der Waals surface area contributed by atoms with E-state index in [1.165, 1.54) is 4.57 Å². The maximum Gasteiger partial charge on any atom is 0.296 e. The van der Waals surface area contributed by atoms with Crippen LogP contribution < -0.4 is 4.74 Å². The van der Waals surface area contributed by atoms with Crippen LogP contribution in [0.15, 0.2) is 27.8 Å². The van der Waals surface area contributed by atoms with Crippen LogP contribution in [0.25, 0.3) is 11.4 Å². The third kappa shape index (κ3) is 2.82. The average Bonchev–Trinajstić information content (AvgIpc) is 2.82. The molecule has 2 rings (SSSR count). The molecule has 6 nitrogen and oxygen atoms in total. The zero-order chi connectivity index (χ0) is 14.9. The van der Waals surface area contributed by atoms with Crippen molar-refractivity contribution in [2.45, 2.75) is 18.6 Å². The van der Waals surface area contributed by atoms with Crippen LogP contribution in [-0.4, -0.2) is 30.3 Å². The highest BCUT2D eigenvalue weighted by Gasteiger charge is 2.23. The lowest BCUT2D eigenvalue weighted by molar-refractivity contribution is 0.415. The second kappa shape index (κ2) is 5.71. The number of halogens is 2.